The predicted molar refractivity (Wildman–Crippen MR) is 90.8 cm³/mol. The van der Waals surface area contributed by atoms with Crippen molar-refractivity contribution in [3.8, 4) is 5.75 Å². The van der Waals surface area contributed by atoms with Gasteiger partial charge in [-0.3, -0.25) is 14.6 Å². The third-order valence-corrected chi connectivity index (χ3v) is 4.54. The Morgan fingerprint density at radius 2 is 2.13 bits per heavy atom. The summed E-state index contributed by atoms with van der Waals surface area (Å²) in [5.41, 5.74) is 0.689. The van der Waals surface area contributed by atoms with Crippen LogP contribution in [0.3, 0.4) is 0 Å². The molecule has 2 amide bonds. The van der Waals surface area contributed by atoms with Crippen LogP contribution in [-0.2, 0) is 9.59 Å². The lowest BCUT2D eigenvalue weighted by molar-refractivity contribution is -0.122. The maximum absolute atomic E-state index is 12.1. The zero-order valence-corrected chi connectivity index (χ0v) is 13.7. The molecule has 1 aromatic rings. The molecule has 0 unspecified atom stereocenters. The Kier molecular flexibility index (Phi) is 4.85. The molecule has 1 aromatic carbocycles. The van der Waals surface area contributed by atoms with E-state index in [4.69, 9.17) is 4.74 Å². The summed E-state index contributed by atoms with van der Waals surface area (Å²) in [6, 6.07) is 7.52. The van der Waals surface area contributed by atoms with Gasteiger partial charge in [-0.05, 0) is 44.0 Å². The molecule has 1 atom stereocenters. The summed E-state index contributed by atoms with van der Waals surface area (Å²) in [6.45, 7) is 2.52. The van der Waals surface area contributed by atoms with Gasteiger partial charge in [-0.2, -0.15) is 0 Å². The SMILES string of the molecule is CCOc1ccc(NC(=O)C[C@@H]2SC(=NC3CC3)NC2=O)cc1. The molecule has 1 aliphatic heterocycles. The number of benzene rings is 1. The van der Waals surface area contributed by atoms with E-state index < -0.39 is 5.25 Å². The van der Waals surface area contributed by atoms with Crippen LogP contribution in [0.15, 0.2) is 29.3 Å². The number of hydrogen-bond acceptors (Lipinski definition) is 5. The molecular formula is C16H19N3O3S. The molecule has 6 nitrogen and oxygen atoms in total. The molecule has 122 valence electrons. The van der Waals surface area contributed by atoms with Gasteiger partial charge in [0.2, 0.25) is 11.8 Å². The summed E-state index contributed by atoms with van der Waals surface area (Å²) in [6.07, 6.45) is 2.30. The second-order valence-electron chi connectivity index (χ2n) is 5.47. The van der Waals surface area contributed by atoms with Crippen molar-refractivity contribution in [1.82, 2.24) is 5.32 Å². The first-order valence-corrected chi connectivity index (χ1v) is 8.60. The van der Waals surface area contributed by atoms with Gasteiger partial charge in [-0.1, -0.05) is 11.8 Å². The standard InChI is InChI=1S/C16H19N3O3S/c1-2-22-12-7-5-10(6-8-12)17-14(20)9-13-15(21)19-16(23-13)18-11-3-4-11/h5-8,11,13H,2-4,9H2,1H3,(H,17,20)(H,18,19,21)/t13-/m0/s1. The number of aliphatic imine (C=N–C) groups is 1. The third-order valence-electron chi connectivity index (χ3n) is 3.44. The molecule has 23 heavy (non-hydrogen) atoms. The van der Waals surface area contributed by atoms with E-state index in [0.29, 0.717) is 23.5 Å². The Labute approximate surface area is 139 Å². The number of amides is 2. The second-order valence-corrected chi connectivity index (χ2v) is 6.66. The summed E-state index contributed by atoms with van der Waals surface area (Å²) in [5, 5.41) is 5.78. The number of thioether (sulfide) groups is 1. The lowest BCUT2D eigenvalue weighted by Crippen LogP contribution is -2.28. The molecule has 2 fully saturated rings. The Bertz CT molecular complexity index is 626. The number of nitrogens with one attached hydrogen (secondary N) is 2. The maximum Gasteiger partial charge on any atom is 0.240 e. The van der Waals surface area contributed by atoms with Crippen LogP contribution in [0, 0.1) is 0 Å². The van der Waals surface area contributed by atoms with E-state index in [1.165, 1.54) is 11.8 Å². The van der Waals surface area contributed by atoms with E-state index in [1.807, 2.05) is 6.92 Å². The first-order valence-electron chi connectivity index (χ1n) is 7.72. The molecule has 3 rings (SSSR count). The molecule has 0 bridgehead atoms. The van der Waals surface area contributed by atoms with Gasteiger partial charge in [0, 0.05) is 12.1 Å². The van der Waals surface area contributed by atoms with Gasteiger partial charge >= 0.3 is 0 Å². The monoisotopic (exact) mass is 333 g/mol. The first kappa shape index (κ1) is 15.9. The van der Waals surface area contributed by atoms with E-state index in [2.05, 4.69) is 15.6 Å². The van der Waals surface area contributed by atoms with Gasteiger partial charge in [-0.15, -0.1) is 0 Å². The molecule has 2 aliphatic rings. The highest BCUT2D eigenvalue weighted by Gasteiger charge is 2.33. The van der Waals surface area contributed by atoms with Crippen LogP contribution in [0.5, 0.6) is 5.75 Å². The van der Waals surface area contributed by atoms with Crippen molar-refractivity contribution in [2.45, 2.75) is 37.5 Å². The number of ether oxygens (including phenoxy) is 1. The van der Waals surface area contributed by atoms with Crippen LogP contribution < -0.4 is 15.4 Å². The van der Waals surface area contributed by atoms with Crippen LogP contribution in [0.1, 0.15) is 26.2 Å². The van der Waals surface area contributed by atoms with Gasteiger partial charge < -0.3 is 15.4 Å². The highest BCUT2D eigenvalue weighted by Crippen LogP contribution is 2.29. The number of nitrogens with zero attached hydrogens (tertiary/aromatic N) is 1. The highest BCUT2D eigenvalue weighted by atomic mass is 32.2. The van der Waals surface area contributed by atoms with Crippen LogP contribution in [0.2, 0.25) is 0 Å². The van der Waals surface area contributed by atoms with Crippen LogP contribution in [-0.4, -0.2) is 34.9 Å². The average Bonchev–Trinajstić information content (AvgIpc) is 3.26. The molecule has 0 radical (unpaired) electrons. The number of amidine groups is 1. The summed E-state index contributed by atoms with van der Waals surface area (Å²) >= 11 is 1.34. The minimum atomic E-state index is -0.407. The highest BCUT2D eigenvalue weighted by molar-refractivity contribution is 8.15. The van der Waals surface area contributed by atoms with Crippen molar-refractivity contribution in [2.75, 3.05) is 11.9 Å². The maximum atomic E-state index is 12.1. The van der Waals surface area contributed by atoms with Crippen molar-refractivity contribution < 1.29 is 14.3 Å². The van der Waals surface area contributed by atoms with Crippen LogP contribution in [0.4, 0.5) is 5.69 Å². The molecule has 1 saturated heterocycles. The van der Waals surface area contributed by atoms with Crippen molar-refractivity contribution in [2.24, 2.45) is 4.99 Å². The molecule has 7 heteroatoms. The van der Waals surface area contributed by atoms with E-state index in [-0.39, 0.29) is 18.2 Å². The van der Waals surface area contributed by atoms with Crippen LogP contribution >= 0.6 is 11.8 Å². The van der Waals surface area contributed by atoms with Crippen molar-refractivity contribution in [1.29, 1.82) is 0 Å². The number of anilines is 1. The minimum absolute atomic E-state index is 0.132. The van der Waals surface area contributed by atoms with Crippen molar-refractivity contribution in [3.05, 3.63) is 24.3 Å². The van der Waals surface area contributed by atoms with E-state index >= 15 is 0 Å². The molecule has 1 aliphatic carbocycles. The Balaban J connectivity index is 1.51. The Morgan fingerprint density at radius 3 is 2.78 bits per heavy atom. The van der Waals surface area contributed by atoms with Gasteiger partial charge in [0.25, 0.3) is 0 Å². The van der Waals surface area contributed by atoms with Gasteiger partial charge in [0.15, 0.2) is 5.17 Å². The predicted octanol–water partition coefficient (Wildman–Crippen LogP) is 2.16. The minimum Gasteiger partial charge on any atom is -0.494 e. The Morgan fingerprint density at radius 1 is 1.39 bits per heavy atom. The van der Waals surface area contributed by atoms with Gasteiger partial charge in [-0.25, -0.2) is 0 Å². The summed E-state index contributed by atoms with van der Waals surface area (Å²) in [7, 11) is 0. The molecule has 2 N–H and O–H groups in total. The van der Waals surface area contributed by atoms with E-state index in [0.717, 1.165) is 18.6 Å². The van der Waals surface area contributed by atoms with Gasteiger partial charge in [0.1, 0.15) is 11.0 Å². The molecule has 1 saturated carbocycles. The quantitative estimate of drug-likeness (QED) is 0.836. The third kappa shape index (κ3) is 4.48. The number of carbonyl (C=O) groups is 2. The normalized spacial score (nSPS) is 22.0. The zero-order valence-electron chi connectivity index (χ0n) is 12.9. The molecule has 0 spiro atoms. The van der Waals surface area contributed by atoms with Crippen molar-refractivity contribution >= 4 is 34.4 Å². The largest absolute Gasteiger partial charge is 0.494 e. The number of rotatable bonds is 6. The fourth-order valence-electron chi connectivity index (χ4n) is 2.15. The van der Waals surface area contributed by atoms with E-state index in [1.54, 1.807) is 24.3 Å². The smallest absolute Gasteiger partial charge is 0.240 e. The molecule has 1 heterocycles. The lowest BCUT2D eigenvalue weighted by atomic mass is 10.2. The molecular weight excluding hydrogens is 314 g/mol. The Hall–Kier alpha value is -2.02. The van der Waals surface area contributed by atoms with E-state index in [9.17, 15) is 9.59 Å². The number of carbonyl (C=O) groups excluding carboxylic acids is 2. The molecule has 0 aromatic heterocycles. The van der Waals surface area contributed by atoms with Gasteiger partial charge in [0.05, 0.1) is 12.6 Å². The number of hydrogen-bond donors (Lipinski definition) is 2. The average molecular weight is 333 g/mol. The van der Waals surface area contributed by atoms with Crippen LogP contribution in [0.25, 0.3) is 0 Å². The second kappa shape index (κ2) is 7.04. The lowest BCUT2D eigenvalue weighted by Gasteiger charge is -2.08. The fraction of sp³-hybridized carbons (Fsp3) is 0.438. The summed E-state index contributed by atoms with van der Waals surface area (Å²) in [5.74, 6) is 0.433. The summed E-state index contributed by atoms with van der Waals surface area (Å²) < 4.78 is 5.35. The van der Waals surface area contributed by atoms with Crippen molar-refractivity contribution in [3.63, 3.8) is 0 Å². The summed E-state index contributed by atoms with van der Waals surface area (Å²) in [4.78, 5) is 28.4. The topological polar surface area (TPSA) is 79.8 Å². The first-order chi connectivity index (χ1) is 11.1. The fourth-order valence-corrected chi connectivity index (χ4v) is 3.19. The zero-order chi connectivity index (χ0) is 16.2.